The molecule has 1 heterocycles. The lowest BCUT2D eigenvalue weighted by Gasteiger charge is -2.14. The molecule has 0 fully saturated rings. The van der Waals surface area contributed by atoms with Crippen LogP contribution in [0.5, 0.6) is 5.75 Å². The Morgan fingerprint density at radius 1 is 1.41 bits per heavy atom. The van der Waals surface area contributed by atoms with Crippen molar-refractivity contribution in [2.24, 2.45) is 0 Å². The molecule has 1 aromatic heterocycles. The summed E-state index contributed by atoms with van der Waals surface area (Å²) in [5, 5.41) is 9.15. The summed E-state index contributed by atoms with van der Waals surface area (Å²) in [4.78, 5) is 12.5. The number of hydrogen-bond acceptors (Lipinski definition) is 3. The van der Waals surface area contributed by atoms with E-state index in [1.165, 1.54) is 11.3 Å². The van der Waals surface area contributed by atoms with E-state index in [1.807, 2.05) is 19.9 Å². The van der Waals surface area contributed by atoms with Gasteiger partial charge in [-0.25, -0.2) is 4.79 Å². The number of carboxylic acids is 1. The first-order valence-corrected chi connectivity index (χ1v) is 6.84. The molecule has 0 aliphatic heterocycles. The molecule has 0 bridgehead atoms. The van der Waals surface area contributed by atoms with Crippen LogP contribution in [0.25, 0.3) is 0 Å². The smallest absolute Gasteiger partial charge is 0.349 e. The summed E-state index contributed by atoms with van der Waals surface area (Å²) < 4.78 is 5.77. The minimum Gasteiger partial charge on any atom is -0.489 e. The first-order valence-electron chi connectivity index (χ1n) is 6.03. The highest BCUT2D eigenvalue weighted by atomic mass is 32.1. The van der Waals surface area contributed by atoms with Crippen LogP contribution in [0.1, 0.15) is 61.0 Å². The van der Waals surface area contributed by atoms with Crippen molar-refractivity contribution in [3.63, 3.8) is 0 Å². The maximum absolute atomic E-state index is 11.1. The molecule has 4 heteroatoms. The summed E-state index contributed by atoms with van der Waals surface area (Å²) in [5.41, 5.74) is 0. The highest BCUT2D eigenvalue weighted by Crippen LogP contribution is 2.34. The number of ether oxygens (including phenoxy) is 1. The average molecular weight is 256 g/mol. The number of thiophene rings is 1. The molecule has 0 unspecified atom stereocenters. The van der Waals surface area contributed by atoms with Gasteiger partial charge in [0.05, 0.1) is 6.10 Å². The molecule has 0 spiro atoms. The zero-order valence-corrected chi connectivity index (χ0v) is 11.6. The van der Waals surface area contributed by atoms with Gasteiger partial charge in [-0.1, -0.05) is 27.7 Å². The Morgan fingerprint density at radius 3 is 2.41 bits per heavy atom. The summed E-state index contributed by atoms with van der Waals surface area (Å²) in [6.07, 6.45) is 1.88. The predicted molar refractivity (Wildman–Crippen MR) is 70.4 cm³/mol. The van der Waals surface area contributed by atoms with Crippen LogP contribution in [-0.2, 0) is 0 Å². The summed E-state index contributed by atoms with van der Waals surface area (Å²) in [6.45, 7) is 8.20. The summed E-state index contributed by atoms with van der Waals surface area (Å²) in [5.74, 6) is -0.0418. The van der Waals surface area contributed by atoms with Crippen LogP contribution in [0.4, 0.5) is 0 Å². The van der Waals surface area contributed by atoms with Gasteiger partial charge in [-0.05, 0) is 24.8 Å². The third kappa shape index (κ3) is 3.46. The Kier molecular flexibility index (Phi) is 5.00. The Labute approximate surface area is 106 Å². The van der Waals surface area contributed by atoms with Crippen LogP contribution in [0.2, 0.25) is 0 Å². The van der Waals surface area contributed by atoms with Gasteiger partial charge in [0.25, 0.3) is 0 Å². The fraction of sp³-hybridized carbons (Fsp3) is 0.615. The lowest BCUT2D eigenvalue weighted by atomic mass is 10.2. The lowest BCUT2D eigenvalue weighted by molar-refractivity contribution is 0.0694. The number of aromatic carboxylic acids is 1. The van der Waals surface area contributed by atoms with Crippen LogP contribution in [0.3, 0.4) is 0 Å². The SMILES string of the molecule is CCC(CC)Oc1cc(C(C)C)sc1C(=O)O. The van der Waals surface area contributed by atoms with Crippen molar-refractivity contribution in [3.05, 3.63) is 15.8 Å². The van der Waals surface area contributed by atoms with E-state index in [-0.39, 0.29) is 6.10 Å². The van der Waals surface area contributed by atoms with Crippen molar-refractivity contribution in [2.75, 3.05) is 0 Å². The lowest BCUT2D eigenvalue weighted by Crippen LogP contribution is -2.14. The second-order valence-corrected chi connectivity index (χ2v) is 5.44. The van der Waals surface area contributed by atoms with Crippen LogP contribution >= 0.6 is 11.3 Å². The molecule has 17 heavy (non-hydrogen) atoms. The highest BCUT2D eigenvalue weighted by molar-refractivity contribution is 7.14. The molecular formula is C13H20O3S. The standard InChI is InChI=1S/C13H20O3S/c1-5-9(6-2)16-10-7-11(8(3)4)17-12(10)13(14)15/h7-9H,5-6H2,1-4H3,(H,14,15). The average Bonchev–Trinajstić information content (AvgIpc) is 2.69. The quantitative estimate of drug-likeness (QED) is 0.832. The van der Waals surface area contributed by atoms with Crippen molar-refractivity contribution < 1.29 is 14.6 Å². The van der Waals surface area contributed by atoms with Crippen molar-refractivity contribution in [1.29, 1.82) is 0 Å². The van der Waals surface area contributed by atoms with E-state index in [1.54, 1.807) is 0 Å². The van der Waals surface area contributed by atoms with Crippen LogP contribution < -0.4 is 4.74 Å². The molecule has 0 amide bonds. The minimum atomic E-state index is -0.900. The van der Waals surface area contributed by atoms with Crippen LogP contribution in [-0.4, -0.2) is 17.2 Å². The Hall–Kier alpha value is -1.03. The maximum Gasteiger partial charge on any atom is 0.349 e. The molecule has 96 valence electrons. The van der Waals surface area contributed by atoms with Crippen molar-refractivity contribution in [3.8, 4) is 5.75 Å². The highest BCUT2D eigenvalue weighted by Gasteiger charge is 2.20. The van der Waals surface area contributed by atoms with E-state index >= 15 is 0 Å². The summed E-state index contributed by atoms with van der Waals surface area (Å²) >= 11 is 1.31. The van der Waals surface area contributed by atoms with E-state index < -0.39 is 5.97 Å². The van der Waals surface area contributed by atoms with Crippen LogP contribution in [0, 0.1) is 0 Å². The van der Waals surface area contributed by atoms with E-state index in [4.69, 9.17) is 9.84 Å². The fourth-order valence-corrected chi connectivity index (χ4v) is 2.48. The summed E-state index contributed by atoms with van der Waals surface area (Å²) in [7, 11) is 0. The molecule has 0 aromatic carbocycles. The molecule has 0 saturated heterocycles. The van der Waals surface area contributed by atoms with Gasteiger partial charge in [-0.3, -0.25) is 0 Å². The van der Waals surface area contributed by atoms with E-state index in [2.05, 4.69) is 13.8 Å². The fourth-order valence-electron chi connectivity index (χ4n) is 1.55. The Morgan fingerprint density at radius 2 is 2.00 bits per heavy atom. The first kappa shape index (κ1) is 14.0. The van der Waals surface area contributed by atoms with E-state index in [0.717, 1.165) is 17.7 Å². The molecule has 3 nitrogen and oxygen atoms in total. The first-order chi connectivity index (χ1) is 7.99. The molecule has 0 aliphatic rings. The largest absolute Gasteiger partial charge is 0.489 e. The normalized spacial score (nSPS) is 11.2. The van der Waals surface area contributed by atoms with Crippen molar-refractivity contribution >= 4 is 17.3 Å². The number of hydrogen-bond donors (Lipinski definition) is 1. The number of rotatable bonds is 6. The van der Waals surface area contributed by atoms with Gasteiger partial charge >= 0.3 is 5.97 Å². The zero-order valence-electron chi connectivity index (χ0n) is 10.8. The third-order valence-corrected chi connectivity index (χ3v) is 4.09. The van der Waals surface area contributed by atoms with E-state index in [0.29, 0.717) is 16.5 Å². The molecule has 1 rings (SSSR count). The molecule has 1 aromatic rings. The minimum absolute atomic E-state index is 0.0997. The number of carbonyl (C=O) groups is 1. The van der Waals surface area contributed by atoms with Gasteiger partial charge in [0.2, 0.25) is 0 Å². The predicted octanol–water partition coefficient (Wildman–Crippen LogP) is 4.14. The Balaban J connectivity index is 2.99. The molecule has 0 aliphatic carbocycles. The topological polar surface area (TPSA) is 46.5 Å². The monoisotopic (exact) mass is 256 g/mol. The van der Waals surface area contributed by atoms with Gasteiger partial charge in [-0.15, -0.1) is 11.3 Å². The summed E-state index contributed by atoms with van der Waals surface area (Å²) in [6, 6.07) is 1.87. The second kappa shape index (κ2) is 6.05. The molecule has 1 N–H and O–H groups in total. The van der Waals surface area contributed by atoms with E-state index in [9.17, 15) is 4.79 Å². The number of carboxylic acid groups (broad SMARTS) is 1. The Bertz CT molecular complexity index is 378. The van der Waals surface area contributed by atoms with Gasteiger partial charge in [0, 0.05) is 4.88 Å². The molecule has 0 radical (unpaired) electrons. The molecule has 0 saturated carbocycles. The van der Waals surface area contributed by atoms with Crippen molar-refractivity contribution in [2.45, 2.75) is 52.6 Å². The van der Waals surface area contributed by atoms with Crippen molar-refractivity contribution in [1.82, 2.24) is 0 Å². The van der Waals surface area contributed by atoms with Gasteiger partial charge in [0.15, 0.2) is 4.88 Å². The zero-order chi connectivity index (χ0) is 13.0. The van der Waals surface area contributed by atoms with Gasteiger partial charge < -0.3 is 9.84 Å². The third-order valence-electron chi connectivity index (χ3n) is 2.68. The van der Waals surface area contributed by atoms with Gasteiger partial charge in [-0.2, -0.15) is 0 Å². The van der Waals surface area contributed by atoms with Gasteiger partial charge in [0.1, 0.15) is 5.75 Å². The molecular weight excluding hydrogens is 236 g/mol. The maximum atomic E-state index is 11.1. The second-order valence-electron chi connectivity index (χ2n) is 4.36. The van der Waals surface area contributed by atoms with Crippen LogP contribution in [0.15, 0.2) is 6.07 Å². The molecule has 0 atom stereocenters.